The fourth-order valence-corrected chi connectivity index (χ4v) is 1.63. The Kier molecular flexibility index (Phi) is 5.89. The number of unbranched alkanes of at least 4 members (excludes halogenated alkanes) is 1. The zero-order valence-electron chi connectivity index (χ0n) is 10.6. The predicted octanol–water partition coefficient (Wildman–Crippen LogP) is 1.68. The Morgan fingerprint density at radius 1 is 1.33 bits per heavy atom. The van der Waals surface area contributed by atoms with Crippen LogP contribution < -0.4 is 0 Å². The summed E-state index contributed by atoms with van der Waals surface area (Å²) in [6.45, 7) is 0.677. The van der Waals surface area contributed by atoms with Crippen LogP contribution in [0.5, 0.6) is 0 Å². The van der Waals surface area contributed by atoms with E-state index in [0.717, 1.165) is 5.56 Å². The summed E-state index contributed by atoms with van der Waals surface area (Å²) in [6, 6.07) is 9.27. The molecule has 0 aromatic heterocycles. The van der Waals surface area contributed by atoms with E-state index in [0.29, 0.717) is 31.4 Å². The largest absolute Gasteiger partial charge is 0.396 e. The molecule has 0 aliphatic carbocycles. The number of nitrogens with zero attached hydrogens (tertiary/aromatic N) is 2. The third-order valence-corrected chi connectivity index (χ3v) is 2.73. The fraction of sp³-hybridized carbons (Fsp3) is 0.429. The summed E-state index contributed by atoms with van der Waals surface area (Å²) in [5.74, 6) is 0.0767. The summed E-state index contributed by atoms with van der Waals surface area (Å²) in [4.78, 5) is 13.4. The quantitative estimate of drug-likeness (QED) is 0.777. The molecule has 96 valence electrons. The lowest BCUT2D eigenvalue weighted by Gasteiger charge is -2.17. The fourth-order valence-electron chi connectivity index (χ4n) is 1.63. The molecule has 4 nitrogen and oxygen atoms in total. The molecule has 1 N–H and O–H groups in total. The maximum absolute atomic E-state index is 11.7. The van der Waals surface area contributed by atoms with Crippen molar-refractivity contribution in [3.8, 4) is 6.07 Å². The Morgan fingerprint density at radius 2 is 2.00 bits per heavy atom. The molecule has 18 heavy (non-hydrogen) atoms. The van der Waals surface area contributed by atoms with E-state index in [4.69, 9.17) is 10.4 Å². The number of aliphatic hydroxyl groups excluding tert-OH is 1. The average molecular weight is 246 g/mol. The average Bonchev–Trinajstić information content (AvgIpc) is 2.39. The van der Waals surface area contributed by atoms with Crippen molar-refractivity contribution in [2.75, 3.05) is 13.7 Å². The first-order valence-corrected chi connectivity index (χ1v) is 6.01. The van der Waals surface area contributed by atoms with Crippen LogP contribution in [0.2, 0.25) is 0 Å². The first-order chi connectivity index (χ1) is 8.67. The third kappa shape index (κ3) is 4.56. The molecule has 0 heterocycles. The molecule has 0 aliphatic rings. The number of hydrogen-bond acceptors (Lipinski definition) is 3. The second kappa shape index (κ2) is 7.46. The SMILES string of the molecule is CN(Cc1ccc(C#N)cc1)C(=O)CCCCO. The second-order valence-corrected chi connectivity index (χ2v) is 4.24. The predicted molar refractivity (Wildman–Crippen MR) is 68.6 cm³/mol. The molecule has 1 aromatic carbocycles. The Bertz CT molecular complexity index is 420. The third-order valence-electron chi connectivity index (χ3n) is 2.73. The Balaban J connectivity index is 2.45. The molecule has 0 radical (unpaired) electrons. The molecular formula is C14H18N2O2. The highest BCUT2D eigenvalue weighted by atomic mass is 16.3. The normalized spacial score (nSPS) is 9.83. The molecule has 1 rings (SSSR count). The zero-order chi connectivity index (χ0) is 13.4. The maximum atomic E-state index is 11.7. The molecule has 0 aliphatic heterocycles. The molecule has 1 amide bonds. The smallest absolute Gasteiger partial charge is 0.222 e. The van der Waals surface area contributed by atoms with E-state index < -0.39 is 0 Å². The molecule has 0 spiro atoms. The number of amides is 1. The van der Waals surface area contributed by atoms with Crippen molar-refractivity contribution in [2.24, 2.45) is 0 Å². The topological polar surface area (TPSA) is 64.3 Å². The van der Waals surface area contributed by atoms with Crippen molar-refractivity contribution >= 4 is 5.91 Å². The number of rotatable bonds is 6. The van der Waals surface area contributed by atoms with Gasteiger partial charge in [-0.2, -0.15) is 5.26 Å². The van der Waals surface area contributed by atoms with Crippen molar-refractivity contribution < 1.29 is 9.90 Å². The van der Waals surface area contributed by atoms with Gasteiger partial charge in [-0.05, 0) is 30.5 Å². The van der Waals surface area contributed by atoms with Gasteiger partial charge in [0.1, 0.15) is 0 Å². The van der Waals surface area contributed by atoms with Gasteiger partial charge in [-0.15, -0.1) is 0 Å². The van der Waals surface area contributed by atoms with E-state index in [1.54, 1.807) is 24.1 Å². The minimum atomic E-state index is 0.0767. The van der Waals surface area contributed by atoms with E-state index in [-0.39, 0.29) is 12.5 Å². The highest BCUT2D eigenvalue weighted by molar-refractivity contribution is 5.75. The molecule has 0 atom stereocenters. The molecule has 0 fully saturated rings. The first kappa shape index (κ1) is 14.2. The van der Waals surface area contributed by atoms with Gasteiger partial charge in [0.05, 0.1) is 11.6 Å². The number of carbonyl (C=O) groups is 1. The van der Waals surface area contributed by atoms with Crippen LogP contribution in [0.4, 0.5) is 0 Å². The number of aliphatic hydroxyl groups is 1. The molecule has 0 bridgehead atoms. The highest BCUT2D eigenvalue weighted by Gasteiger charge is 2.08. The summed E-state index contributed by atoms with van der Waals surface area (Å²) < 4.78 is 0. The van der Waals surface area contributed by atoms with Crippen LogP contribution >= 0.6 is 0 Å². The van der Waals surface area contributed by atoms with Gasteiger partial charge in [-0.1, -0.05) is 12.1 Å². The van der Waals surface area contributed by atoms with Gasteiger partial charge in [0.15, 0.2) is 0 Å². The zero-order valence-corrected chi connectivity index (χ0v) is 10.6. The number of nitriles is 1. The van der Waals surface area contributed by atoms with Crippen LogP contribution in [-0.4, -0.2) is 29.6 Å². The number of benzene rings is 1. The minimum Gasteiger partial charge on any atom is -0.396 e. The van der Waals surface area contributed by atoms with E-state index in [1.807, 2.05) is 12.1 Å². The lowest BCUT2D eigenvalue weighted by molar-refractivity contribution is -0.130. The first-order valence-electron chi connectivity index (χ1n) is 6.01. The van der Waals surface area contributed by atoms with Crippen LogP contribution in [0.15, 0.2) is 24.3 Å². The van der Waals surface area contributed by atoms with Crippen molar-refractivity contribution in [1.29, 1.82) is 5.26 Å². The number of carbonyl (C=O) groups excluding carboxylic acids is 1. The van der Waals surface area contributed by atoms with Gasteiger partial charge in [-0.25, -0.2) is 0 Å². The monoisotopic (exact) mass is 246 g/mol. The summed E-state index contributed by atoms with van der Waals surface area (Å²) in [7, 11) is 1.76. The van der Waals surface area contributed by atoms with Crippen molar-refractivity contribution in [3.63, 3.8) is 0 Å². The van der Waals surface area contributed by atoms with Crippen LogP contribution in [-0.2, 0) is 11.3 Å². The van der Waals surface area contributed by atoms with Crippen LogP contribution in [0.3, 0.4) is 0 Å². The Hall–Kier alpha value is -1.86. The molecule has 0 unspecified atom stereocenters. The second-order valence-electron chi connectivity index (χ2n) is 4.24. The van der Waals surface area contributed by atoms with E-state index in [1.165, 1.54) is 0 Å². The van der Waals surface area contributed by atoms with Crippen LogP contribution in [0, 0.1) is 11.3 Å². The minimum absolute atomic E-state index is 0.0767. The highest BCUT2D eigenvalue weighted by Crippen LogP contribution is 2.08. The summed E-state index contributed by atoms with van der Waals surface area (Å²) in [5, 5.41) is 17.3. The van der Waals surface area contributed by atoms with Gasteiger partial charge in [0, 0.05) is 26.6 Å². The number of hydrogen-bond donors (Lipinski definition) is 1. The van der Waals surface area contributed by atoms with Crippen LogP contribution in [0.1, 0.15) is 30.4 Å². The molecular weight excluding hydrogens is 228 g/mol. The van der Waals surface area contributed by atoms with Gasteiger partial charge < -0.3 is 10.0 Å². The van der Waals surface area contributed by atoms with Gasteiger partial charge in [-0.3, -0.25) is 4.79 Å². The standard InChI is InChI=1S/C14H18N2O2/c1-16(14(18)4-2-3-9-17)11-13-7-5-12(10-15)6-8-13/h5-8,17H,2-4,9,11H2,1H3. The maximum Gasteiger partial charge on any atom is 0.222 e. The molecule has 0 saturated carbocycles. The Morgan fingerprint density at radius 3 is 2.56 bits per heavy atom. The van der Waals surface area contributed by atoms with Gasteiger partial charge >= 0.3 is 0 Å². The van der Waals surface area contributed by atoms with E-state index in [2.05, 4.69) is 6.07 Å². The summed E-state index contributed by atoms with van der Waals surface area (Å²) >= 11 is 0. The van der Waals surface area contributed by atoms with E-state index >= 15 is 0 Å². The van der Waals surface area contributed by atoms with Crippen molar-refractivity contribution in [1.82, 2.24) is 4.90 Å². The van der Waals surface area contributed by atoms with Gasteiger partial charge in [0.25, 0.3) is 0 Å². The lowest BCUT2D eigenvalue weighted by atomic mass is 10.1. The van der Waals surface area contributed by atoms with Crippen LogP contribution in [0.25, 0.3) is 0 Å². The van der Waals surface area contributed by atoms with Gasteiger partial charge in [0.2, 0.25) is 5.91 Å². The van der Waals surface area contributed by atoms with Crippen molar-refractivity contribution in [3.05, 3.63) is 35.4 Å². The molecule has 4 heteroatoms. The Labute approximate surface area is 107 Å². The molecule has 1 aromatic rings. The van der Waals surface area contributed by atoms with Crippen molar-refractivity contribution in [2.45, 2.75) is 25.8 Å². The molecule has 0 saturated heterocycles. The summed E-state index contributed by atoms with van der Waals surface area (Å²) in [5.41, 5.74) is 1.63. The summed E-state index contributed by atoms with van der Waals surface area (Å²) in [6.07, 6.45) is 1.84. The lowest BCUT2D eigenvalue weighted by Crippen LogP contribution is -2.25. The van der Waals surface area contributed by atoms with E-state index in [9.17, 15) is 4.79 Å².